The smallest absolute Gasteiger partial charge is 0.267 e. The molecule has 1 aliphatic carbocycles. The van der Waals surface area contributed by atoms with Gasteiger partial charge in [0.2, 0.25) is 0 Å². The van der Waals surface area contributed by atoms with Gasteiger partial charge in [-0.1, -0.05) is 6.92 Å². The van der Waals surface area contributed by atoms with Gasteiger partial charge in [0.05, 0.1) is 0 Å². The number of amides is 1. The first-order valence-corrected chi connectivity index (χ1v) is 7.44. The van der Waals surface area contributed by atoms with E-state index in [1.165, 1.54) is 4.57 Å². The lowest BCUT2D eigenvalue weighted by Crippen LogP contribution is -2.30. The number of nitrogens with zero attached hydrogens (tertiary/aromatic N) is 2. The van der Waals surface area contributed by atoms with Gasteiger partial charge in [-0.05, 0) is 36.4 Å². The maximum atomic E-state index is 12.4. The number of aromatic nitrogens is 2. The van der Waals surface area contributed by atoms with Gasteiger partial charge in [0.25, 0.3) is 11.5 Å². The van der Waals surface area contributed by atoms with Gasteiger partial charge in [-0.2, -0.15) is 4.37 Å². The van der Waals surface area contributed by atoms with Gasteiger partial charge in [0.15, 0.2) is 0 Å². The number of rotatable bonds is 2. The molecule has 110 valence electrons. The summed E-state index contributed by atoms with van der Waals surface area (Å²) in [5, 5.41) is 13.5. The third kappa shape index (κ3) is 2.13. The summed E-state index contributed by atoms with van der Waals surface area (Å²) in [5.41, 5.74) is 0.867. The van der Waals surface area contributed by atoms with Gasteiger partial charge in [-0.15, -0.1) is 0 Å². The molecule has 2 N–H and O–H groups in total. The summed E-state index contributed by atoms with van der Waals surface area (Å²) >= 11 is 1.12. The molecule has 0 aliphatic heterocycles. The molecule has 3 rings (SSSR count). The Kier molecular flexibility index (Phi) is 3.29. The molecule has 1 atom stereocenters. The molecular weight excluding hydrogens is 290 g/mol. The summed E-state index contributed by atoms with van der Waals surface area (Å²) in [5.74, 6) is -0.638. The molecule has 0 bridgehead atoms. The van der Waals surface area contributed by atoms with Crippen molar-refractivity contribution in [2.75, 3.05) is 5.32 Å². The number of anilines is 1. The molecule has 0 saturated heterocycles. The molecule has 1 aliphatic rings. The van der Waals surface area contributed by atoms with Crippen molar-refractivity contribution in [3.8, 4) is 5.75 Å². The zero-order valence-corrected chi connectivity index (χ0v) is 12.5. The number of hydrogen-bond donors (Lipinski definition) is 2. The van der Waals surface area contributed by atoms with Gasteiger partial charge < -0.3 is 15.0 Å². The molecule has 0 saturated carbocycles. The van der Waals surface area contributed by atoms with Crippen LogP contribution in [0.1, 0.15) is 40.9 Å². The molecule has 21 heavy (non-hydrogen) atoms. The Morgan fingerprint density at radius 3 is 3.00 bits per heavy atom. The fourth-order valence-corrected chi connectivity index (χ4v) is 3.32. The van der Waals surface area contributed by atoms with Crippen LogP contribution in [0.3, 0.4) is 0 Å². The number of carbonyl (C=O) groups excluding carboxylic acids is 1. The number of fused-ring (bicyclic) bond motifs is 1. The quantitative estimate of drug-likeness (QED) is 0.887. The number of hydrogen-bond acceptors (Lipinski definition) is 5. The monoisotopic (exact) mass is 305 g/mol. The number of carbonyl (C=O) groups is 1. The summed E-state index contributed by atoms with van der Waals surface area (Å²) in [6.07, 6.45) is 3.17. The second kappa shape index (κ2) is 5.00. The second-order valence-corrected chi connectivity index (χ2v) is 6.05. The zero-order valence-electron chi connectivity index (χ0n) is 11.7. The van der Waals surface area contributed by atoms with Crippen LogP contribution in [0.5, 0.6) is 5.75 Å². The Morgan fingerprint density at radius 1 is 1.57 bits per heavy atom. The van der Waals surface area contributed by atoms with Crippen molar-refractivity contribution in [3.05, 3.63) is 39.4 Å². The van der Waals surface area contributed by atoms with E-state index >= 15 is 0 Å². The Hall–Kier alpha value is -2.15. The topological polar surface area (TPSA) is 84.2 Å². The number of pyridine rings is 1. The van der Waals surface area contributed by atoms with Crippen LogP contribution in [0.4, 0.5) is 5.00 Å². The molecule has 0 aromatic carbocycles. The lowest BCUT2D eigenvalue weighted by atomic mass is 10.0. The van der Waals surface area contributed by atoms with E-state index < -0.39 is 11.5 Å². The van der Waals surface area contributed by atoms with Gasteiger partial charge in [0, 0.05) is 24.5 Å². The van der Waals surface area contributed by atoms with Crippen LogP contribution in [0, 0.1) is 0 Å². The molecule has 0 spiro atoms. The molecule has 6 nitrogen and oxygen atoms in total. The van der Waals surface area contributed by atoms with Crippen molar-refractivity contribution < 1.29 is 9.90 Å². The van der Waals surface area contributed by atoms with Crippen LogP contribution in [0.25, 0.3) is 0 Å². The first kappa shape index (κ1) is 13.8. The van der Waals surface area contributed by atoms with E-state index in [2.05, 4.69) is 9.69 Å². The van der Waals surface area contributed by atoms with E-state index in [0.29, 0.717) is 10.6 Å². The molecule has 0 radical (unpaired) electrons. The van der Waals surface area contributed by atoms with Crippen LogP contribution < -0.4 is 10.9 Å². The van der Waals surface area contributed by atoms with Gasteiger partial charge in [0.1, 0.15) is 16.3 Å². The highest BCUT2D eigenvalue weighted by molar-refractivity contribution is 7.10. The zero-order chi connectivity index (χ0) is 15.1. The second-order valence-electron chi connectivity index (χ2n) is 5.22. The van der Waals surface area contributed by atoms with Gasteiger partial charge in [-0.25, -0.2) is 0 Å². The SMILES string of the molecule is C[C@H]1CCc2c1c(O)c(C(=O)Nc1ccns1)c(=O)n2C. The normalized spacial score (nSPS) is 16.8. The summed E-state index contributed by atoms with van der Waals surface area (Å²) in [6.45, 7) is 1.99. The van der Waals surface area contributed by atoms with Crippen LogP contribution in [-0.2, 0) is 13.5 Å². The van der Waals surface area contributed by atoms with E-state index in [-0.39, 0.29) is 17.2 Å². The Bertz CT molecular complexity index is 765. The van der Waals surface area contributed by atoms with Crippen molar-refractivity contribution in [2.24, 2.45) is 7.05 Å². The standard InChI is InChI=1S/C14H15N3O3S/c1-7-3-4-8-10(7)12(18)11(14(20)17(8)2)13(19)16-9-5-6-15-21-9/h5-7,18H,3-4H2,1-2H3,(H,16,19)/t7-/m0/s1. The minimum Gasteiger partial charge on any atom is -0.507 e. The van der Waals surface area contributed by atoms with Crippen LogP contribution in [0.15, 0.2) is 17.1 Å². The fraction of sp³-hybridized carbons (Fsp3) is 0.357. The average Bonchev–Trinajstić information content (AvgIpc) is 3.06. The van der Waals surface area contributed by atoms with Crippen LogP contribution in [0.2, 0.25) is 0 Å². The van der Waals surface area contributed by atoms with Crippen molar-refractivity contribution in [1.82, 2.24) is 8.94 Å². The molecule has 2 aromatic rings. The van der Waals surface area contributed by atoms with Crippen molar-refractivity contribution in [1.29, 1.82) is 0 Å². The van der Waals surface area contributed by atoms with Crippen LogP contribution in [-0.4, -0.2) is 20.0 Å². The Morgan fingerprint density at radius 2 is 2.33 bits per heavy atom. The first-order chi connectivity index (χ1) is 10.0. The lowest BCUT2D eigenvalue weighted by Gasteiger charge is -2.14. The van der Waals surface area contributed by atoms with E-state index in [0.717, 1.165) is 30.1 Å². The molecule has 2 aromatic heterocycles. The lowest BCUT2D eigenvalue weighted by molar-refractivity contribution is 0.102. The predicted octanol–water partition coefficient (Wildman–Crippen LogP) is 1.85. The van der Waals surface area contributed by atoms with Gasteiger partial charge in [-0.3, -0.25) is 9.59 Å². The summed E-state index contributed by atoms with van der Waals surface area (Å²) < 4.78 is 5.35. The molecule has 0 fully saturated rings. The largest absolute Gasteiger partial charge is 0.507 e. The van der Waals surface area contributed by atoms with E-state index in [1.54, 1.807) is 19.3 Å². The van der Waals surface area contributed by atoms with E-state index in [4.69, 9.17) is 0 Å². The Labute approximate surface area is 125 Å². The molecule has 7 heteroatoms. The molecule has 0 unspecified atom stereocenters. The Balaban J connectivity index is 2.11. The summed E-state index contributed by atoms with van der Waals surface area (Å²) in [7, 11) is 1.64. The summed E-state index contributed by atoms with van der Waals surface area (Å²) in [6, 6.07) is 1.64. The summed E-state index contributed by atoms with van der Waals surface area (Å²) in [4.78, 5) is 24.7. The fourth-order valence-electron chi connectivity index (χ4n) is 2.82. The highest BCUT2D eigenvalue weighted by atomic mass is 32.1. The highest BCUT2D eigenvalue weighted by Crippen LogP contribution is 2.39. The number of aromatic hydroxyl groups is 1. The van der Waals surface area contributed by atoms with Crippen LogP contribution >= 0.6 is 11.5 Å². The van der Waals surface area contributed by atoms with Gasteiger partial charge >= 0.3 is 0 Å². The average molecular weight is 305 g/mol. The van der Waals surface area contributed by atoms with Crippen molar-refractivity contribution in [3.63, 3.8) is 0 Å². The minimum absolute atomic E-state index is 0.141. The molecule has 1 amide bonds. The third-order valence-corrected chi connectivity index (χ3v) is 4.60. The minimum atomic E-state index is -0.598. The third-order valence-electron chi connectivity index (χ3n) is 3.93. The van der Waals surface area contributed by atoms with E-state index in [1.807, 2.05) is 6.92 Å². The maximum Gasteiger partial charge on any atom is 0.267 e. The van der Waals surface area contributed by atoms with Crippen molar-refractivity contribution in [2.45, 2.75) is 25.7 Å². The predicted molar refractivity (Wildman–Crippen MR) is 80.2 cm³/mol. The molecular formula is C14H15N3O3S. The first-order valence-electron chi connectivity index (χ1n) is 6.67. The van der Waals surface area contributed by atoms with Crippen molar-refractivity contribution >= 4 is 22.4 Å². The number of nitrogens with one attached hydrogen (secondary N) is 1. The maximum absolute atomic E-state index is 12.4. The molecule has 2 heterocycles. The highest BCUT2D eigenvalue weighted by Gasteiger charge is 2.31. The van der Waals surface area contributed by atoms with E-state index in [9.17, 15) is 14.7 Å².